The van der Waals surface area contributed by atoms with Gasteiger partial charge in [-0.2, -0.15) is 0 Å². The number of amides is 2. The van der Waals surface area contributed by atoms with Gasteiger partial charge in [0.15, 0.2) is 0 Å². The van der Waals surface area contributed by atoms with Crippen molar-refractivity contribution in [1.29, 1.82) is 0 Å². The molecule has 11 heteroatoms. The molecule has 11 nitrogen and oxygen atoms in total. The van der Waals surface area contributed by atoms with Gasteiger partial charge in [0.25, 0.3) is 0 Å². The van der Waals surface area contributed by atoms with Gasteiger partial charge in [0.05, 0.1) is 18.2 Å². The largest absolute Gasteiger partial charge is 0.459 e. The predicted octanol–water partition coefficient (Wildman–Crippen LogP) is 9.62. The molecule has 61 heavy (non-hydrogen) atoms. The van der Waals surface area contributed by atoms with Crippen molar-refractivity contribution in [2.24, 2.45) is 28.8 Å². The van der Waals surface area contributed by atoms with Crippen LogP contribution in [0.25, 0.3) is 0 Å². The van der Waals surface area contributed by atoms with Gasteiger partial charge in [-0.05, 0) is 106 Å². The molecule has 1 aliphatic heterocycles. The summed E-state index contributed by atoms with van der Waals surface area (Å²) < 4.78 is 20.5. The number of fused-ring (bicyclic) bond motifs is 2. The third-order valence-corrected chi connectivity index (χ3v) is 13.0. The Labute approximate surface area is 363 Å². The van der Waals surface area contributed by atoms with E-state index < -0.39 is 29.4 Å². The van der Waals surface area contributed by atoms with E-state index in [1.165, 1.54) is 25.7 Å². The van der Waals surface area contributed by atoms with Gasteiger partial charge in [0, 0.05) is 50.6 Å². The van der Waals surface area contributed by atoms with Crippen molar-refractivity contribution >= 4 is 17.7 Å². The monoisotopic (exact) mass is 842 g/mol. The van der Waals surface area contributed by atoms with Crippen molar-refractivity contribution in [3.8, 4) is 11.5 Å². The molecular formula is C50H71N3O8. The first kappa shape index (κ1) is 46.3. The molecule has 0 aromatic heterocycles. The molecule has 3 aliphatic carbocycles. The van der Waals surface area contributed by atoms with Gasteiger partial charge in [-0.15, -0.1) is 6.58 Å². The van der Waals surface area contributed by atoms with Crippen LogP contribution in [-0.2, 0) is 20.9 Å². The van der Waals surface area contributed by atoms with Gasteiger partial charge in [-0.1, -0.05) is 93.1 Å². The Morgan fingerprint density at radius 3 is 2.44 bits per heavy atom. The van der Waals surface area contributed by atoms with Crippen LogP contribution in [0.2, 0.25) is 0 Å². The van der Waals surface area contributed by atoms with Crippen LogP contribution in [0.1, 0.15) is 135 Å². The molecule has 6 atom stereocenters. The number of ether oxygens (including phenoxy) is 3. The van der Waals surface area contributed by atoms with Crippen LogP contribution in [0.5, 0.6) is 11.5 Å². The number of nitrogens with zero attached hydrogens (tertiary/aromatic N) is 2. The second-order valence-electron chi connectivity index (χ2n) is 18.5. The van der Waals surface area contributed by atoms with E-state index in [1.807, 2.05) is 68.1 Å². The molecule has 0 spiro atoms. The zero-order valence-electron chi connectivity index (χ0n) is 37.1. The zero-order valence-corrected chi connectivity index (χ0v) is 37.1. The van der Waals surface area contributed by atoms with Crippen LogP contribution in [0.15, 0.2) is 78.0 Å². The molecule has 0 bridgehead atoms. The topological polar surface area (TPSA) is 139 Å². The number of hydrogen-bond donors (Lipinski definition) is 3. The Balaban J connectivity index is 1.51. The van der Waals surface area contributed by atoms with Crippen molar-refractivity contribution in [2.45, 2.75) is 147 Å². The summed E-state index contributed by atoms with van der Waals surface area (Å²) in [5.41, 5.74) is 3.05. The van der Waals surface area contributed by atoms with E-state index in [0.29, 0.717) is 56.2 Å². The zero-order chi connectivity index (χ0) is 43.4. The summed E-state index contributed by atoms with van der Waals surface area (Å²) in [4.78, 5) is 36.3. The number of carbonyl (C=O) groups is 2. The van der Waals surface area contributed by atoms with E-state index in [9.17, 15) is 19.8 Å². The van der Waals surface area contributed by atoms with Gasteiger partial charge < -0.3 is 39.5 Å². The first-order chi connectivity index (χ1) is 29.5. The molecule has 3 N–H and O–H groups in total. The molecule has 2 fully saturated rings. The number of nitrogens with one attached hydrogen (secondary N) is 1. The van der Waals surface area contributed by atoms with Gasteiger partial charge >= 0.3 is 6.09 Å². The van der Waals surface area contributed by atoms with E-state index in [4.69, 9.17) is 24.2 Å². The number of benzene rings is 2. The van der Waals surface area contributed by atoms with Crippen molar-refractivity contribution in [2.75, 3.05) is 26.4 Å². The number of oxime groups is 1. The van der Waals surface area contributed by atoms with Crippen LogP contribution in [0, 0.1) is 23.7 Å². The predicted molar refractivity (Wildman–Crippen MR) is 238 cm³/mol. The first-order valence-corrected chi connectivity index (χ1v) is 23.1. The summed E-state index contributed by atoms with van der Waals surface area (Å²) in [5.74, 6) is -0.167. The highest BCUT2D eigenvalue weighted by Crippen LogP contribution is 2.62. The number of aliphatic hydroxyl groups excluding tert-OH is 2. The molecule has 2 amide bonds. The molecule has 0 radical (unpaired) electrons. The minimum atomic E-state index is -1.32. The van der Waals surface area contributed by atoms with Crippen LogP contribution < -0.4 is 14.8 Å². The standard InChI is InChI=1S/C50H71N3O8/c1-6-27-53(45(56)26-23-35-17-11-12-18-35)44-33-42(52-61-49(3,4)5)40-31-37(21-13-15-28-54)39(22-14-16-29-55)46-41-32-38(59-48(57)51-34-36-19-9-8-10-20-36)24-25-43(41)60-50(44,47(40)46)58-30-7-2/h7-10,19-20,24-25,31-32,35,37,39,44,46-47,54-55H,2,6,11-18,21-23,26-30,33-34H2,1,3-5H3,(H,51,57). The molecule has 2 aromatic carbocycles. The third-order valence-electron chi connectivity index (χ3n) is 13.0. The number of carbonyl (C=O) groups excluding carboxylic acids is 2. The number of aliphatic hydroxyl groups is 2. The summed E-state index contributed by atoms with van der Waals surface area (Å²) in [6, 6.07) is 14.7. The van der Waals surface area contributed by atoms with Gasteiger partial charge in [-0.25, -0.2) is 4.79 Å². The van der Waals surface area contributed by atoms with E-state index in [2.05, 4.69) is 24.9 Å². The highest BCUT2D eigenvalue weighted by Gasteiger charge is 2.65. The maximum absolute atomic E-state index is 14.7. The first-order valence-electron chi connectivity index (χ1n) is 23.1. The van der Waals surface area contributed by atoms with Crippen LogP contribution in [-0.4, -0.2) is 76.6 Å². The normalized spacial score (nSPS) is 25.2. The number of unbranched alkanes of at least 4 members (excludes halogenated alkanes) is 2. The van der Waals surface area contributed by atoms with Crippen molar-refractivity contribution in [3.05, 3.63) is 84.0 Å². The molecular weight excluding hydrogens is 771 g/mol. The molecule has 334 valence electrons. The van der Waals surface area contributed by atoms with E-state index in [1.54, 1.807) is 12.1 Å². The fraction of sp³-hybridized carbons (Fsp3) is 0.620. The molecule has 1 heterocycles. The van der Waals surface area contributed by atoms with Gasteiger partial charge in [0.2, 0.25) is 11.7 Å². The maximum Gasteiger partial charge on any atom is 0.412 e. The lowest BCUT2D eigenvalue weighted by atomic mass is 9.55. The summed E-state index contributed by atoms with van der Waals surface area (Å²) in [7, 11) is 0. The van der Waals surface area contributed by atoms with Crippen molar-refractivity contribution < 1.29 is 38.9 Å². The van der Waals surface area contributed by atoms with Crippen LogP contribution >= 0.6 is 0 Å². The lowest BCUT2D eigenvalue weighted by Crippen LogP contribution is -2.70. The Bertz CT molecular complexity index is 1820. The molecule has 6 unspecified atom stereocenters. The minimum Gasteiger partial charge on any atom is -0.459 e. The summed E-state index contributed by atoms with van der Waals surface area (Å²) in [6.45, 7) is 13.4. The molecule has 0 saturated heterocycles. The lowest BCUT2D eigenvalue weighted by molar-refractivity contribution is -0.257. The summed E-state index contributed by atoms with van der Waals surface area (Å²) in [5, 5.41) is 27.7. The maximum atomic E-state index is 14.7. The number of hydrogen-bond acceptors (Lipinski definition) is 9. The smallest absolute Gasteiger partial charge is 0.412 e. The molecule has 6 rings (SSSR count). The fourth-order valence-corrected chi connectivity index (χ4v) is 10.3. The number of rotatable bonds is 21. The minimum absolute atomic E-state index is 0.0525. The lowest BCUT2D eigenvalue weighted by Gasteiger charge is -2.60. The number of allylic oxidation sites excluding steroid dienone is 1. The Kier molecular flexibility index (Phi) is 16.5. The van der Waals surface area contributed by atoms with Crippen LogP contribution in [0.3, 0.4) is 0 Å². The van der Waals surface area contributed by atoms with Gasteiger partial charge in [0.1, 0.15) is 23.1 Å². The molecule has 2 saturated carbocycles. The van der Waals surface area contributed by atoms with E-state index >= 15 is 0 Å². The van der Waals surface area contributed by atoms with E-state index in [0.717, 1.165) is 60.9 Å². The highest BCUT2D eigenvalue weighted by molar-refractivity contribution is 6.03. The van der Waals surface area contributed by atoms with Gasteiger partial charge in [-0.3, -0.25) is 4.79 Å². The van der Waals surface area contributed by atoms with E-state index in [-0.39, 0.29) is 43.5 Å². The molecule has 4 aliphatic rings. The average Bonchev–Trinajstić information content (AvgIpc) is 3.78. The summed E-state index contributed by atoms with van der Waals surface area (Å²) >= 11 is 0. The van der Waals surface area contributed by atoms with Crippen molar-refractivity contribution in [1.82, 2.24) is 10.2 Å². The van der Waals surface area contributed by atoms with Crippen molar-refractivity contribution in [3.63, 3.8) is 0 Å². The SMILES string of the molecule is C=CCOC12Oc3ccc(OC(=O)NCc4ccccc4)cc3C3C(CCCCO)C(CCCCO)C=C(C(=NOC(C)(C)C)CC1N(CCC)C(=O)CCC1CCCC1)C32. The second-order valence-corrected chi connectivity index (χ2v) is 18.5. The Morgan fingerprint density at radius 2 is 1.75 bits per heavy atom. The second kappa shape index (κ2) is 21.7. The average molecular weight is 842 g/mol. The summed E-state index contributed by atoms with van der Waals surface area (Å²) in [6.07, 6.45) is 15.4. The Morgan fingerprint density at radius 1 is 1.02 bits per heavy atom. The molecule has 2 aromatic rings. The van der Waals surface area contributed by atoms with Crippen LogP contribution in [0.4, 0.5) is 4.79 Å². The quantitative estimate of drug-likeness (QED) is 0.0642. The fourth-order valence-electron chi connectivity index (χ4n) is 10.3. The third kappa shape index (κ3) is 11.4. The highest BCUT2D eigenvalue weighted by atomic mass is 16.7. The Hall–Kier alpha value is -4.19.